The van der Waals surface area contributed by atoms with E-state index in [2.05, 4.69) is 95.4 Å². The molecule has 3 aromatic carbocycles. The first-order valence-electron chi connectivity index (χ1n) is 18.3. The van der Waals surface area contributed by atoms with E-state index in [0.717, 1.165) is 28.2 Å². The Kier molecular flexibility index (Phi) is 12.6. The second kappa shape index (κ2) is 17.3. The number of hydrogen-bond acceptors (Lipinski definition) is 10. The van der Waals surface area contributed by atoms with Gasteiger partial charge in [0.1, 0.15) is 44.1 Å². The van der Waals surface area contributed by atoms with E-state index in [-0.39, 0.29) is 12.7 Å². The molecule has 286 valence electrons. The minimum atomic E-state index is -1.01. The van der Waals surface area contributed by atoms with E-state index in [1.54, 1.807) is 26.9 Å². The number of aliphatic imine (C=N–C) groups is 1. The molecule has 0 amide bonds. The van der Waals surface area contributed by atoms with Crippen molar-refractivity contribution in [2.45, 2.75) is 70.2 Å². The molecule has 1 aliphatic rings. The summed E-state index contributed by atoms with van der Waals surface area (Å²) in [5.74, 6) is 2.01. The molecule has 1 unspecified atom stereocenters. The van der Waals surface area contributed by atoms with Gasteiger partial charge in [0.15, 0.2) is 17.0 Å². The largest absolute Gasteiger partial charge is 0.497 e. The fraction of sp³-hybridized carbons (Fsp3) is 0.415. The summed E-state index contributed by atoms with van der Waals surface area (Å²) >= 11 is 0. The normalized spacial score (nSPS) is 18.3. The van der Waals surface area contributed by atoms with Gasteiger partial charge in [-0.1, -0.05) is 54.6 Å². The number of ether oxygens (including phenoxy) is 4. The number of aromatic nitrogens is 4. The van der Waals surface area contributed by atoms with Crippen LogP contribution in [0.15, 0.2) is 96.5 Å². The third kappa shape index (κ3) is 8.28. The summed E-state index contributed by atoms with van der Waals surface area (Å²) in [5, 5.41) is 0. The van der Waals surface area contributed by atoms with E-state index >= 15 is 0 Å². The van der Waals surface area contributed by atoms with E-state index in [0.29, 0.717) is 35.5 Å². The molecule has 4 atom stereocenters. The summed E-state index contributed by atoms with van der Waals surface area (Å²) in [6.07, 6.45) is 4.39. The molecule has 0 saturated carbocycles. The smallest absolute Gasteiger partial charge is 0.184 e. The van der Waals surface area contributed by atoms with Crippen LogP contribution in [-0.4, -0.2) is 101 Å². The molecular formula is C41H52N7O5P. The number of benzene rings is 3. The lowest BCUT2D eigenvalue weighted by atomic mass is 9.80. The third-order valence-electron chi connectivity index (χ3n) is 9.55. The Bertz CT molecular complexity index is 1920. The van der Waals surface area contributed by atoms with Gasteiger partial charge in [0.2, 0.25) is 0 Å². The quantitative estimate of drug-likeness (QED) is 0.0429. The van der Waals surface area contributed by atoms with Gasteiger partial charge in [-0.05, 0) is 75.3 Å². The second-order valence-corrected chi connectivity index (χ2v) is 15.7. The minimum Gasteiger partial charge on any atom is -0.497 e. The molecule has 1 fully saturated rings. The molecule has 0 N–H and O–H groups in total. The standard InChI is InChI=1S/C41H52N7O5P/c1-28(2)48(29(3)4)54(9)53-35-23-37(47-27-44-38-39(45-26-46(5)6)42-25-43-40(38)47)52-36(35)24-51-41(30-13-11-10-12-14-30,31-15-19-33(49-7)20-16-31)32-17-21-34(50-8)22-18-32/h10-22,25-29,35-37H,23-24H2,1-9H3/b45-26+/t35-,36+,37+,54?/m0/s1. The van der Waals surface area contributed by atoms with Crippen LogP contribution in [0.1, 0.15) is 57.0 Å². The van der Waals surface area contributed by atoms with Gasteiger partial charge in [-0.3, -0.25) is 9.24 Å². The predicted molar refractivity (Wildman–Crippen MR) is 214 cm³/mol. The van der Waals surface area contributed by atoms with Crippen molar-refractivity contribution in [3.8, 4) is 11.5 Å². The number of fused-ring (bicyclic) bond motifs is 1. The predicted octanol–water partition coefficient (Wildman–Crippen LogP) is 7.81. The first kappa shape index (κ1) is 39.2. The van der Waals surface area contributed by atoms with Gasteiger partial charge in [0.05, 0.1) is 39.6 Å². The lowest BCUT2D eigenvalue weighted by Gasteiger charge is -2.39. The summed E-state index contributed by atoms with van der Waals surface area (Å²) in [6.45, 7) is 11.2. The van der Waals surface area contributed by atoms with Crippen LogP contribution in [0.4, 0.5) is 5.82 Å². The maximum Gasteiger partial charge on any atom is 0.184 e. The molecular weight excluding hydrogens is 701 g/mol. The van der Waals surface area contributed by atoms with Crippen LogP contribution < -0.4 is 9.47 Å². The van der Waals surface area contributed by atoms with E-state index in [1.807, 2.05) is 66.0 Å². The number of rotatable bonds is 16. The Morgan fingerprint density at radius 3 is 2.02 bits per heavy atom. The summed E-state index contributed by atoms with van der Waals surface area (Å²) < 4.78 is 36.8. The topological polar surface area (TPSA) is 109 Å². The second-order valence-electron chi connectivity index (χ2n) is 14.1. The highest BCUT2D eigenvalue weighted by Crippen LogP contribution is 2.48. The van der Waals surface area contributed by atoms with Crippen molar-refractivity contribution in [2.24, 2.45) is 4.99 Å². The zero-order chi connectivity index (χ0) is 38.4. The Hall–Kier alpha value is -4.45. The zero-order valence-corrected chi connectivity index (χ0v) is 33.6. The molecule has 54 heavy (non-hydrogen) atoms. The number of methoxy groups -OCH3 is 2. The fourth-order valence-electron chi connectivity index (χ4n) is 7.23. The van der Waals surface area contributed by atoms with Crippen molar-refractivity contribution in [2.75, 3.05) is 41.6 Å². The molecule has 0 aliphatic carbocycles. The molecule has 3 heterocycles. The van der Waals surface area contributed by atoms with Crippen molar-refractivity contribution < 1.29 is 23.5 Å². The van der Waals surface area contributed by atoms with Crippen molar-refractivity contribution in [3.63, 3.8) is 0 Å². The van der Waals surface area contributed by atoms with Gasteiger partial charge in [-0.25, -0.2) is 19.9 Å². The van der Waals surface area contributed by atoms with Crippen molar-refractivity contribution in [1.29, 1.82) is 0 Å². The first-order chi connectivity index (χ1) is 26.0. The maximum atomic E-state index is 7.35. The van der Waals surface area contributed by atoms with Gasteiger partial charge in [0.25, 0.3) is 0 Å². The van der Waals surface area contributed by atoms with Gasteiger partial charge >= 0.3 is 0 Å². The van der Waals surface area contributed by atoms with Crippen LogP contribution >= 0.6 is 8.30 Å². The van der Waals surface area contributed by atoms with Gasteiger partial charge in [0, 0.05) is 32.6 Å². The molecule has 1 aliphatic heterocycles. The lowest BCUT2D eigenvalue weighted by Crippen LogP contribution is -2.39. The summed E-state index contributed by atoms with van der Waals surface area (Å²) in [5.41, 5.74) is 3.08. The Morgan fingerprint density at radius 2 is 1.46 bits per heavy atom. The monoisotopic (exact) mass is 753 g/mol. The molecule has 2 aromatic heterocycles. The third-order valence-corrected chi connectivity index (χ3v) is 11.7. The van der Waals surface area contributed by atoms with E-state index in [9.17, 15) is 0 Å². The van der Waals surface area contributed by atoms with Crippen LogP contribution in [0.3, 0.4) is 0 Å². The highest BCUT2D eigenvalue weighted by Gasteiger charge is 2.44. The fourth-order valence-corrected chi connectivity index (χ4v) is 9.25. The van der Waals surface area contributed by atoms with E-state index in [4.69, 9.17) is 23.5 Å². The van der Waals surface area contributed by atoms with Crippen molar-refractivity contribution in [3.05, 3.63) is 108 Å². The highest BCUT2D eigenvalue weighted by atomic mass is 31.2. The highest BCUT2D eigenvalue weighted by molar-refractivity contribution is 7.49. The molecule has 12 nitrogen and oxygen atoms in total. The average Bonchev–Trinajstić information content (AvgIpc) is 3.79. The van der Waals surface area contributed by atoms with E-state index < -0.39 is 26.2 Å². The number of imidazole rings is 1. The first-order valence-corrected chi connectivity index (χ1v) is 19.9. The molecule has 13 heteroatoms. The molecule has 0 bridgehead atoms. The maximum absolute atomic E-state index is 7.35. The Labute approximate surface area is 320 Å². The zero-order valence-electron chi connectivity index (χ0n) is 32.7. The molecule has 0 spiro atoms. The molecule has 0 radical (unpaired) electrons. The average molecular weight is 754 g/mol. The van der Waals surface area contributed by atoms with E-state index in [1.165, 1.54) is 6.33 Å². The molecule has 1 saturated heterocycles. The van der Waals surface area contributed by atoms with Gasteiger partial charge in [-0.15, -0.1) is 0 Å². The number of hydrogen-bond donors (Lipinski definition) is 0. The minimum absolute atomic E-state index is 0.223. The van der Waals surface area contributed by atoms with Crippen LogP contribution in [-0.2, 0) is 19.6 Å². The molecule has 6 rings (SSSR count). The summed E-state index contributed by atoms with van der Waals surface area (Å²) in [4.78, 5) is 20.1. The molecule has 5 aromatic rings. The summed E-state index contributed by atoms with van der Waals surface area (Å²) in [6, 6.07) is 27.0. The Balaban J connectivity index is 1.41. The van der Waals surface area contributed by atoms with Crippen molar-refractivity contribution >= 4 is 31.6 Å². The number of nitrogens with zero attached hydrogens (tertiary/aromatic N) is 7. The Morgan fingerprint density at radius 1 is 0.870 bits per heavy atom. The SMILES string of the molecule is COc1ccc(C(OC[C@H]2O[C@@H](n3cnc4c(/N=C/N(C)C)ncnc43)C[C@@H]2OP(C)N(C(C)C)C(C)C)(c2ccccc2)c2ccc(OC)cc2)cc1. The van der Waals surface area contributed by atoms with Crippen LogP contribution in [0.25, 0.3) is 11.2 Å². The van der Waals surface area contributed by atoms with Crippen LogP contribution in [0.2, 0.25) is 0 Å². The lowest BCUT2D eigenvalue weighted by molar-refractivity contribution is -0.0899. The van der Waals surface area contributed by atoms with Crippen molar-refractivity contribution in [1.82, 2.24) is 29.1 Å². The van der Waals surface area contributed by atoms with Crippen LogP contribution in [0.5, 0.6) is 11.5 Å². The van der Waals surface area contributed by atoms with Crippen LogP contribution in [0, 0.1) is 0 Å². The van der Waals surface area contributed by atoms with Gasteiger partial charge in [-0.2, -0.15) is 0 Å². The summed E-state index contributed by atoms with van der Waals surface area (Å²) in [7, 11) is 6.19. The van der Waals surface area contributed by atoms with Gasteiger partial charge < -0.3 is 28.4 Å².